The van der Waals surface area contributed by atoms with Gasteiger partial charge in [-0.3, -0.25) is 24.1 Å². The number of amides is 3. The first-order valence-electron chi connectivity index (χ1n) is 13.0. The number of hydrogen-bond donors (Lipinski definition) is 0. The van der Waals surface area contributed by atoms with Crippen molar-refractivity contribution in [3.63, 3.8) is 0 Å². The van der Waals surface area contributed by atoms with Gasteiger partial charge in [-0.25, -0.2) is 4.79 Å². The van der Waals surface area contributed by atoms with Crippen LogP contribution in [0, 0.1) is 6.92 Å². The zero-order valence-corrected chi connectivity index (χ0v) is 22.4. The Morgan fingerprint density at radius 2 is 1.44 bits per heavy atom. The first kappa shape index (κ1) is 27.8. The first-order chi connectivity index (χ1) is 18.7. The Morgan fingerprint density at radius 1 is 0.846 bits per heavy atom. The van der Waals surface area contributed by atoms with Crippen molar-refractivity contribution < 1.29 is 33.4 Å². The molecule has 0 unspecified atom stereocenters. The van der Waals surface area contributed by atoms with Gasteiger partial charge in [0.1, 0.15) is 0 Å². The van der Waals surface area contributed by atoms with E-state index in [1.54, 1.807) is 9.80 Å². The molecule has 2 atom stereocenters. The lowest BCUT2D eigenvalue weighted by atomic mass is 10.0. The first-order valence-corrected chi connectivity index (χ1v) is 13.0. The van der Waals surface area contributed by atoms with Crippen LogP contribution in [-0.4, -0.2) is 71.3 Å². The maximum absolute atomic E-state index is 13.4. The number of fused-ring (bicyclic) bond motifs is 1. The normalized spacial score (nSPS) is 16.1. The van der Waals surface area contributed by atoms with Crippen LogP contribution in [0.5, 0.6) is 0 Å². The minimum Gasteiger partial charge on any atom is -0.450 e. The molecule has 4 rings (SSSR count). The number of para-hydroxylation sites is 1. The highest BCUT2D eigenvalue weighted by Gasteiger charge is 2.42. The molecule has 206 valence electrons. The molecular weight excluding hydrogens is 502 g/mol. The summed E-state index contributed by atoms with van der Waals surface area (Å²) in [5.41, 5.74) is 3.76. The topological polar surface area (TPSA) is 114 Å². The van der Waals surface area contributed by atoms with Crippen molar-refractivity contribution in [1.29, 1.82) is 0 Å². The average Bonchev–Trinajstić information content (AvgIpc) is 3.49. The van der Waals surface area contributed by atoms with Gasteiger partial charge in [-0.15, -0.1) is 0 Å². The molecule has 2 aromatic carbocycles. The van der Waals surface area contributed by atoms with E-state index in [2.05, 4.69) is 0 Å². The molecule has 3 amide bonds. The highest BCUT2D eigenvalue weighted by atomic mass is 16.6. The van der Waals surface area contributed by atoms with Crippen LogP contribution in [0.1, 0.15) is 43.4 Å². The lowest BCUT2D eigenvalue weighted by Crippen LogP contribution is -2.50. The lowest BCUT2D eigenvalue weighted by molar-refractivity contribution is -0.177. The molecular formula is C29H33N3O7. The molecule has 0 saturated carbocycles. The van der Waals surface area contributed by atoms with Gasteiger partial charge < -0.3 is 19.3 Å². The van der Waals surface area contributed by atoms with Crippen LogP contribution in [0.2, 0.25) is 0 Å². The fourth-order valence-electron chi connectivity index (χ4n) is 5.03. The van der Waals surface area contributed by atoms with Crippen LogP contribution in [-0.2, 0) is 41.7 Å². The molecule has 1 fully saturated rings. The third-order valence-electron chi connectivity index (χ3n) is 6.93. The van der Waals surface area contributed by atoms with Gasteiger partial charge in [0.25, 0.3) is 5.91 Å². The van der Waals surface area contributed by atoms with Crippen molar-refractivity contribution in [2.45, 2.75) is 58.9 Å². The summed E-state index contributed by atoms with van der Waals surface area (Å²) in [5, 5.41) is 0. The van der Waals surface area contributed by atoms with Crippen LogP contribution < -0.4 is 4.90 Å². The summed E-state index contributed by atoms with van der Waals surface area (Å²) in [6, 6.07) is 15.0. The van der Waals surface area contributed by atoms with Crippen LogP contribution in [0.25, 0.3) is 0 Å². The zero-order chi connectivity index (χ0) is 28.1. The average molecular weight is 536 g/mol. The Balaban J connectivity index is 1.41. The van der Waals surface area contributed by atoms with Gasteiger partial charge in [-0.2, -0.15) is 0 Å². The fraction of sp³-hybridized carbons (Fsp3) is 0.414. The van der Waals surface area contributed by atoms with E-state index in [0.29, 0.717) is 39.1 Å². The third kappa shape index (κ3) is 6.45. The Kier molecular flexibility index (Phi) is 8.63. The number of hydrogen-bond acceptors (Lipinski definition) is 7. The second kappa shape index (κ2) is 12.1. The van der Waals surface area contributed by atoms with Crippen molar-refractivity contribution in [2.24, 2.45) is 0 Å². The lowest BCUT2D eigenvalue weighted by Gasteiger charge is -2.28. The predicted molar refractivity (Wildman–Crippen MR) is 142 cm³/mol. The van der Waals surface area contributed by atoms with E-state index < -0.39 is 35.8 Å². The minimum atomic E-state index is -1.60. The number of ketones is 1. The number of ether oxygens (including phenoxy) is 2. The predicted octanol–water partition coefficient (Wildman–Crippen LogP) is 2.99. The number of benzene rings is 2. The number of aryl methyl sites for hydroxylation is 1. The van der Waals surface area contributed by atoms with Crippen molar-refractivity contribution in [3.05, 3.63) is 65.2 Å². The maximum atomic E-state index is 13.4. The molecule has 0 aliphatic carbocycles. The van der Waals surface area contributed by atoms with Crippen LogP contribution in [0.3, 0.4) is 0 Å². The number of Topliss-reactive ketones (excluding diaryl/α,β-unsaturated/α-hetero) is 1. The van der Waals surface area contributed by atoms with Crippen molar-refractivity contribution in [2.75, 3.05) is 24.5 Å². The van der Waals surface area contributed by atoms with Crippen molar-refractivity contribution in [3.8, 4) is 0 Å². The van der Waals surface area contributed by atoms with Crippen molar-refractivity contribution >= 4 is 35.3 Å². The van der Waals surface area contributed by atoms with Crippen molar-refractivity contribution in [1.82, 2.24) is 9.80 Å². The molecule has 2 aliphatic heterocycles. The molecule has 10 nitrogen and oxygen atoms in total. The standard InChI is InChI=1S/C29H33N3O7/c1-19-9-4-7-12-24(19)32-16-15-30(29(32)37)14-8-13-25(35)26(38-20(2)33)27(39-21(3)34)28(36)31-17-22-10-5-6-11-23(22)18-31/h4-7,9-12,26-27H,8,13-18H2,1-3H3/t26-,27+/m0/s1. The van der Waals surface area contributed by atoms with E-state index in [9.17, 15) is 24.0 Å². The Morgan fingerprint density at radius 3 is 2.05 bits per heavy atom. The third-order valence-corrected chi connectivity index (χ3v) is 6.93. The number of anilines is 1. The molecule has 10 heteroatoms. The second-order valence-electron chi connectivity index (χ2n) is 9.80. The van der Waals surface area contributed by atoms with E-state index in [-0.39, 0.29) is 12.5 Å². The Bertz CT molecular complexity index is 1250. The Hall–Kier alpha value is -4.21. The zero-order valence-electron chi connectivity index (χ0n) is 22.4. The van der Waals surface area contributed by atoms with Gasteiger partial charge in [-0.05, 0) is 36.1 Å². The molecule has 0 spiro atoms. The largest absolute Gasteiger partial charge is 0.450 e. The summed E-state index contributed by atoms with van der Waals surface area (Å²) < 4.78 is 10.5. The van der Waals surface area contributed by atoms with Gasteiger partial charge in [0.2, 0.25) is 12.2 Å². The smallest absolute Gasteiger partial charge is 0.324 e. The fourth-order valence-corrected chi connectivity index (χ4v) is 5.03. The summed E-state index contributed by atoms with van der Waals surface area (Å²) in [7, 11) is 0. The molecule has 2 aromatic rings. The minimum absolute atomic E-state index is 0.0721. The number of carbonyl (C=O) groups excluding carboxylic acids is 5. The highest BCUT2D eigenvalue weighted by molar-refractivity contribution is 5.96. The molecule has 0 bridgehead atoms. The quantitative estimate of drug-likeness (QED) is 0.430. The monoisotopic (exact) mass is 535 g/mol. The molecule has 1 saturated heterocycles. The van der Waals surface area contributed by atoms with E-state index in [4.69, 9.17) is 9.47 Å². The summed E-state index contributed by atoms with van der Waals surface area (Å²) in [6.07, 6.45) is -2.96. The molecule has 2 heterocycles. The van der Waals surface area contributed by atoms with Gasteiger partial charge in [0.05, 0.1) is 0 Å². The second-order valence-corrected chi connectivity index (χ2v) is 9.80. The van der Waals surface area contributed by atoms with Crippen LogP contribution in [0.15, 0.2) is 48.5 Å². The molecule has 0 N–H and O–H groups in total. The Labute approximate surface area is 227 Å². The summed E-state index contributed by atoms with van der Waals surface area (Å²) in [5.74, 6) is -2.70. The maximum Gasteiger partial charge on any atom is 0.324 e. The number of carbonyl (C=O) groups is 5. The van der Waals surface area contributed by atoms with E-state index in [0.717, 1.165) is 36.2 Å². The SMILES string of the molecule is CC(=O)O[C@@H](C(=O)CCCN1CCN(c2ccccc2C)C1=O)[C@@H](OC(C)=O)C(=O)N1Cc2ccccc2C1. The highest BCUT2D eigenvalue weighted by Crippen LogP contribution is 2.26. The summed E-state index contributed by atoms with van der Waals surface area (Å²) in [4.78, 5) is 68.3. The number of esters is 2. The summed E-state index contributed by atoms with van der Waals surface area (Å²) >= 11 is 0. The van der Waals surface area contributed by atoms with Gasteiger partial charge in [0.15, 0.2) is 5.78 Å². The molecule has 39 heavy (non-hydrogen) atoms. The van der Waals surface area contributed by atoms with Gasteiger partial charge in [-0.1, -0.05) is 42.5 Å². The molecule has 0 radical (unpaired) electrons. The molecule has 0 aromatic heterocycles. The number of rotatable bonds is 10. The van der Waals surface area contributed by atoms with E-state index in [1.165, 1.54) is 4.90 Å². The number of nitrogens with zero attached hydrogens (tertiary/aromatic N) is 3. The number of urea groups is 1. The van der Waals surface area contributed by atoms with E-state index >= 15 is 0 Å². The summed E-state index contributed by atoms with van der Waals surface area (Å²) in [6.45, 7) is 6.16. The van der Waals surface area contributed by atoms with Crippen LogP contribution >= 0.6 is 0 Å². The van der Waals surface area contributed by atoms with Gasteiger partial charge >= 0.3 is 18.0 Å². The van der Waals surface area contributed by atoms with Gasteiger partial charge in [0, 0.05) is 58.7 Å². The van der Waals surface area contributed by atoms with E-state index in [1.807, 2.05) is 55.5 Å². The molecule has 2 aliphatic rings. The van der Waals surface area contributed by atoms with Crippen LogP contribution in [0.4, 0.5) is 10.5 Å².